The number of thiocarbonyl (C=S) groups is 1. The molecule has 2 aromatic rings. The van der Waals surface area contributed by atoms with Gasteiger partial charge in [-0.15, -0.1) is 0 Å². The van der Waals surface area contributed by atoms with E-state index < -0.39 is 0 Å². The number of quaternary nitrogens is 1. The molecule has 1 atom stereocenters. The lowest BCUT2D eigenvalue weighted by atomic mass is 10.2. The number of likely N-dealkylation sites (N-methyl/N-ethyl adjacent to an activating group) is 1. The third-order valence-corrected chi connectivity index (χ3v) is 3.73. The van der Waals surface area contributed by atoms with Gasteiger partial charge in [0, 0.05) is 5.69 Å². The highest BCUT2D eigenvalue weighted by Gasteiger charge is 2.20. The van der Waals surface area contributed by atoms with E-state index in [1.165, 1.54) is 11.0 Å². The highest BCUT2D eigenvalue weighted by Crippen LogP contribution is 2.13. The smallest absolute Gasteiger partial charge is 0.171 e. The van der Waals surface area contributed by atoms with E-state index >= 15 is 0 Å². The minimum Gasteiger partial charge on any atom is -0.463 e. The predicted molar refractivity (Wildman–Crippen MR) is 89.6 cm³/mol. The summed E-state index contributed by atoms with van der Waals surface area (Å²) < 4.78 is 19.0. The molecule has 1 aromatic heterocycles. The Morgan fingerprint density at radius 2 is 2.14 bits per heavy atom. The van der Waals surface area contributed by atoms with E-state index in [2.05, 4.69) is 24.7 Å². The molecule has 118 valence electrons. The van der Waals surface area contributed by atoms with Crippen LogP contribution in [0.15, 0.2) is 41.0 Å². The fourth-order valence-electron chi connectivity index (χ4n) is 2.12. The van der Waals surface area contributed by atoms with E-state index in [4.69, 9.17) is 16.6 Å². The summed E-state index contributed by atoms with van der Waals surface area (Å²) in [5.74, 6) is 0.649. The maximum Gasteiger partial charge on any atom is 0.171 e. The van der Waals surface area contributed by atoms with Crippen molar-refractivity contribution in [3.8, 4) is 0 Å². The van der Waals surface area contributed by atoms with Gasteiger partial charge in [-0.3, -0.25) is 0 Å². The summed E-state index contributed by atoms with van der Waals surface area (Å²) in [6, 6.07) is 8.92. The number of furan rings is 1. The van der Waals surface area contributed by atoms with Gasteiger partial charge in [0.1, 0.15) is 5.82 Å². The first-order chi connectivity index (χ1) is 10.5. The van der Waals surface area contributed by atoms with E-state index in [1.54, 1.807) is 25.3 Å². The molecule has 0 bridgehead atoms. The van der Waals surface area contributed by atoms with E-state index in [1.807, 2.05) is 12.1 Å². The fourth-order valence-corrected chi connectivity index (χ4v) is 2.32. The van der Waals surface area contributed by atoms with Gasteiger partial charge >= 0.3 is 0 Å². The maximum atomic E-state index is 13.5. The zero-order valence-corrected chi connectivity index (χ0v) is 13.8. The summed E-state index contributed by atoms with van der Waals surface area (Å²) in [7, 11) is 4.11. The second-order valence-electron chi connectivity index (χ2n) is 5.44. The standard InChI is InChI=1S/C16H20FN3OS/c1-11-6-7-12(9-13(11)17)19-16(22)18-10-14(20(2)3)15-5-4-8-21-15/h4-9,14H,10H2,1-3H3,(H2,18,19,22)/p+1/t14-/m0/s1. The van der Waals surface area contributed by atoms with Crippen molar-refractivity contribution in [2.75, 3.05) is 26.0 Å². The molecule has 0 amide bonds. The van der Waals surface area contributed by atoms with Crippen LogP contribution in [0.25, 0.3) is 0 Å². The molecule has 6 heteroatoms. The lowest BCUT2D eigenvalue weighted by Crippen LogP contribution is -3.07. The lowest BCUT2D eigenvalue weighted by Gasteiger charge is -2.20. The molecular weight excluding hydrogens is 301 g/mol. The molecule has 0 aliphatic rings. The number of benzene rings is 1. The summed E-state index contributed by atoms with van der Waals surface area (Å²) in [5, 5.41) is 6.60. The topological polar surface area (TPSA) is 41.6 Å². The quantitative estimate of drug-likeness (QED) is 0.736. The van der Waals surface area contributed by atoms with Gasteiger partial charge in [-0.2, -0.15) is 0 Å². The zero-order valence-electron chi connectivity index (χ0n) is 12.9. The van der Waals surface area contributed by atoms with E-state index in [-0.39, 0.29) is 11.9 Å². The predicted octanol–water partition coefficient (Wildman–Crippen LogP) is 1.90. The highest BCUT2D eigenvalue weighted by atomic mass is 32.1. The molecule has 4 nitrogen and oxygen atoms in total. The van der Waals surface area contributed by atoms with Gasteiger partial charge < -0.3 is 20.0 Å². The van der Waals surface area contributed by atoms with Crippen molar-refractivity contribution in [1.82, 2.24) is 5.32 Å². The Balaban J connectivity index is 1.92. The van der Waals surface area contributed by atoms with Gasteiger partial charge in [-0.05, 0) is 49.0 Å². The van der Waals surface area contributed by atoms with Crippen molar-refractivity contribution in [2.24, 2.45) is 0 Å². The van der Waals surface area contributed by atoms with Crippen LogP contribution in [0.2, 0.25) is 0 Å². The first kappa shape index (κ1) is 16.5. The van der Waals surface area contributed by atoms with Crippen molar-refractivity contribution in [3.63, 3.8) is 0 Å². The van der Waals surface area contributed by atoms with Crippen LogP contribution < -0.4 is 15.5 Å². The van der Waals surface area contributed by atoms with Crippen molar-refractivity contribution < 1.29 is 13.7 Å². The first-order valence-corrected chi connectivity index (χ1v) is 7.52. The molecule has 0 radical (unpaired) electrons. The average Bonchev–Trinajstić information content (AvgIpc) is 2.97. The number of rotatable bonds is 5. The fraction of sp³-hybridized carbons (Fsp3) is 0.312. The summed E-state index contributed by atoms with van der Waals surface area (Å²) in [5.41, 5.74) is 1.24. The minimum absolute atomic E-state index is 0.143. The molecular formula is C16H21FN3OS+. The monoisotopic (exact) mass is 322 g/mol. The van der Waals surface area contributed by atoms with Gasteiger partial charge in [-0.1, -0.05) is 6.07 Å². The van der Waals surface area contributed by atoms with Crippen molar-refractivity contribution in [1.29, 1.82) is 0 Å². The Morgan fingerprint density at radius 1 is 1.36 bits per heavy atom. The lowest BCUT2D eigenvalue weighted by molar-refractivity contribution is -0.891. The van der Waals surface area contributed by atoms with Gasteiger partial charge in [0.2, 0.25) is 0 Å². The molecule has 0 unspecified atom stereocenters. The van der Waals surface area contributed by atoms with E-state index in [0.717, 1.165) is 5.76 Å². The molecule has 2 rings (SSSR count). The third-order valence-electron chi connectivity index (χ3n) is 3.48. The van der Waals surface area contributed by atoms with Crippen LogP contribution in [-0.2, 0) is 0 Å². The van der Waals surface area contributed by atoms with Crippen LogP contribution in [0.3, 0.4) is 0 Å². The second-order valence-corrected chi connectivity index (χ2v) is 5.85. The van der Waals surface area contributed by atoms with Gasteiger partial charge in [0.05, 0.1) is 26.9 Å². The summed E-state index contributed by atoms with van der Waals surface area (Å²) in [6.07, 6.45) is 1.66. The number of halogens is 1. The molecule has 0 aliphatic heterocycles. The molecule has 0 aliphatic carbocycles. The third kappa shape index (κ3) is 4.29. The summed E-state index contributed by atoms with van der Waals surface area (Å²) >= 11 is 5.26. The Morgan fingerprint density at radius 3 is 2.73 bits per heavy atom. The van der Waals surface area contributed by atoms with E-state index in [9.17, 15) is 4.39 Å². The largest absolute Gasteiger partial charge is 0.463 e. The highest BCUT2D eigenvalue weighted by molar-refractivity contribution is 7.80. The van der Waals surface area contributed by atoms with Crippen LogP contribution >= 0.6 is 12.2 Å². The number of anilines is 1. The molecule has 0 saturated carbocycles. The number of hydrogen-bond acceptors (Lipinski definition) is 2. The SMILES string of the molecule is Cc1ccc(NC(=S)NC[C@@H](c2ccco2)[NH+](C)C)cc1F. The average molecular weight is 322 g/mol. The first-order valence-electron chi connectivity index (χ1n) is 7.12. The van der Waals surface area contributed by atoms with Gasteiger partial charge in [0.25, 0.3) is 0 Å². The number of aryl methyl sites for hydroxylation is 1. The molecule has 0 saturated heterocycles. The molecule has 1 aromatic carbocycles. The Kier molecular flexibility index (Phi) is 5.51. The number of nitrogens with one attached hydrogen (secondary N) is 3. The Labute approximate surface area is 135 Å². The Bertz CT molecular complexity index is 628. The van der Waals surface area contributed by atoms with Crippen LogP contribution in [0, 0.1) is 12.7 Å². The normalized spacial score (nSPS) is 12.2. The van der Waals surface area contributed by atoms with Gasteiger partial charge in [-0.25, -0.2) is 4.39 Å². The van der Waals surface area contributed by atoms with Crippen molar-refractivity contribution in [3.05, 3.63) is 53.7 Å². The van der Waals surface area contributed by atoms with Crippen LogP contribution in [0.4, 0.5) is 10.1 Å². The van der Waals surface area contributed by atoms with Crippen LogP contribution in [0.5, 0.6) is 0 Å². The maximum absolute atomic E-state index is 13.5. The van der Waals surface area contributed by atoms with Gasteiger partial charge in [0.15, 0.2) is 16.9 Å². The van der Waals surface area contributed by atoms with Crippen LogP contribution in [-0.4, -0.2) is 25.8 Å². The molecule has 22 heavy (non-hydrogen) atoms. The number of hydrogen-bond donors (Lipinski definition) is 3. The summed E-state index contributed by atoms with van der Waals surface area (Å²) in [4.78, 5) is 1.23. The molecule has 0 spiro atoms. The second kappa shape index (κ2) is 7.38. The van der Waals surface area contributed by atoms with Crippen LogP contribution in [0.1, 0.15) is 17.4 Å². The zero-order chi connectivity index (χ0) is 16.1. The molecule has 3 N–H and O–H groups in total. The Hall–Kier alpha value is -1.92. The van der Waals surface area contributed by atoms with Crippen molar-refractivity contribution in [2.45, 2.75) is 13.0 Å². The minimum atomic E-state index is -0.251. The van der Waals surface area contributed by atoms with Crippen molar-refractivity contribution >= 4 is 23.0 Å². The van der Waals surface area contributed by atoms with E-state index in [0.29, 0.717) is 22.9 Å². The summed E-state index contributed by atoms with van der Waals surface area (Å²) in [6.45, 7) is 2.35. The molecule has 0 fully saturated rings. The molecule has 1 heterocycles.